The maximum atomic E-state index is 10.7. The number of aliphatic hydroxyl groups excluding tert-OH is 1. The molecule has 0 bridgehead atoms. The molecule has 0 unspecified atom stereocenters. The zero-order chi connectivity index (χ0) is 19.0. The number of benzene rings is 3. The molecule has 1 heterocycles. The molecule has 1 aromatic heterocycles. The van der Waals surface area contributed by atoms with Crippen LogP contribution in [-0.4, -0.2) is 22.3 Å². The summed E-state index contributed by atoms with van der Waals surface area (Å²) in [5.74, 6) is 0. The van der Waals surface area contributed by atoms with Gasteiger partial charge in [0.1, 0.15) is 0 Å². The van der Waals surface area contributed by atoms with Gasteiger partial charge in [-0.25, -0.2) is 0 Å². The van der Waals surface area contributed by atoms with E-state index in [-0.39, 0.29) is 0 Å². The van der Waals surface area contributed by atoms with Crippen LogP contribution in [0.5, 0.6) is 0 Å². The number of nitrogens with one attached hydrogen (secondary N) is 1. The van der Waals surface area contributed by atoms with Crippen molar-refractivity contribution in [1.82, 2.24) is 4.57 Å². The Labute approximate surface area is 186 Å². The highest BCUT2D eigenvalue weighted by molar-refractivity contribution is 14.1. The number of aromatic nitrogens is 1. The fourth-order valence-corrected chi connectivity index (χ4v) is 4.50. The Kier molecular flexibility index (Phi) is 5.61. The smallest absolute Gasteiger partial charge is 0.0891 e. The molecule has 4 aromatic rings. The highest BCUT2D eigenvalue weighted by Crippen LogP contribution is 2.31. The van der Waals surface area contributed by atoms with Crippen molar-refractivity contribution in [3.8, 4) is 0 Å². The summed E-state index contributed by atoms with van der Waals surface area (Å²) in [6.45, 7) is 3.14. The van der Waals surface area contributed by atoms with Crippen LogP contribution in [0, 0.1) is 14.1 Å². The van der Waals surface area contributed by atoms with Gasteiger partial charge >= 0.3 is 0 Å². The molecule has 0 aliphatic rings. The van der Waals surface area contributed by atoms with Gasteiger partial charge in [-0.1, -0.05) is 18.2 Å². The molecule has 3 nitrogen and oxygen atoms in total. The monoisotopic (exact) mass is 582 g/mol. The molecule has 0 spiro atoms. The van der Waals surface area contributed by atoms with E-state index in [2.05, 4.69) is 104 Å². The molecule has 138 valence electrons. The first kappa shape index (κ1) is 19.0. The number of hydrogen-bond acceptors (Lipinski definition) is 2. The van der Waals surface area contributed by atoms with E-state index in [1.807, 2.05) is 18.2 Å². The average molecular weight is 582 g/mol. The van der Waals surface area contributed by atoms with Gasteiger partial charge in [0.05, 0.1) is 12.6 Å². The number of fused-ring (bicyclic) bond motifs is 3. The van der Waals surface area contributed by atoms with Crippen LogP contribution in [-0.2, 0) is 6.54 Å². The number of hydrogen-bond donors (Lipinski definition) is 2. The van der Waals surface area contributed by atoms with Crippen LogP contribution in [0.3, 0.4) is 0 Å². The Morgan fingerprint density at radius 1 is 0.926 bits per heavy atom. The molecule has 0 fully saturated rings. The summed E-state index contributed by atoms with van der Waals surface area (Å²) >= 11 is 4.71. The molecule has 0 aliphatic heterocycles. The molecular weight excluding hydrogens is 562 g/mol. The van der Waals surface area contributed by atoms with Gasteiger partial charge in [-0.05, 0) is 100 Å². The first-order valence-corrected chi connectivity index (χ1v) is 11.0. The van der Waals surface area contributed by atoms with Crippen molar-refractivity contribution in [2.24, 2.45) is 0 Å². The second-order valence-electron chi connectivity index (χ2n) is 6.78. The largest absolute Gasteiger partial charge is 0.389 e. The Balaban J connectivity index is 1.65. The number of halogens is 2. The van der Waals surface area contributed by atoms with Gasteiger partial charge in [-0.3, -0.25) is 0 Å². The molecule has 1 atom stereocenters. The maximum Gasteiger partial charge on any atom is 0.0891 e. The predicted molar refractivity (Wildman–Crippen MR) is 131 cm³/mol. The summed E-state index contributed by atoms with van der Waals surface area (Å²) in [7, 11) is 0. The highest BCUT2D eigenvalue weighted by Gasteiger charge is 2.14. The number of nitrogens with zero attached hydrogens (tertiary/aromatic N) is 1. The van der Waals surface area contributed by atoms with Gasteiger partial charge in [-0.15, -0.1) is 0 Å². The molecule has 3 aromatic carbocycles. The van der Waals surface area contributed by atoms with E-state index in [0.29, 0.717) is 13.1 Å². The molecule has 0 radical (unpaired) electrons. The van der Waals surface area contributed by atoms with E-state index in [4.69, 9.17) is 0 Å². The van der Waals surface area contributed by atoms with Crippen molar-refractivity contribution in [2.75, 3.05) is 11.9 Å². The number of aliphatic hydroxyl groups is 1. The Morgan fingerprint density at radius 2 is 1.52 bits per heavy atom. The zero-order valence-electron chi connectivity index (χ0n) is 14.9. The van der Waals surface area contributed by atoms with Crippen LogP contribution >= 0.6 is 45.2 Å². The van der Waals surface area contributed by atoms with E-state index in [1.165, 1.54) is 34.5 Å². The minimum atomic E-state index is -0.484. The third kappa shape index (κ3) is 3.95. The summed E-state index contributed by atoms with van der Waals surface area (Å²) in [5.41, 5.74) is 4.60. The minimum absolute atomic E-state index is 0.484. The van der Waals surface area contributed by atoms with E-state index >= 15 is 0 Å². The van der Waals surface area contributed by atoms with Crippen LogP contribution in [0.25, 0.3) is 21.8 Å². The quantitative estimate of drug-likeness (QED) is 0.293. The highest BCUT2D eigenvalue weighted by atomic mass is 127. The van der Waals surface area contributed by atoms with E-state index < -0.39 is 6.10 Å². The van der Waals surface area contributed by atoms with Crippen LogP contribution in [0.4, 0.5) is 5.69 Å². The number of para-hydroxylation sites is 1. The standard InChI is InChI=1S/C22H20I2N2O/c1-14-4-2-3-5-20(14)25-12-17(27)13-26-21-8-6-15(23)10-18(21)19-11-16(24)7-9-22(19)26/h2-11,17,25,27H,12-13H2,1H3/t17-/m1/s1. The van der Waals surface area contributed by atoms with Crippen molar-refractivity contribution in [3.05, 3.63) is 73.4 Å². The van der Waals surface area contributed by atoms with Crippen molar-refractivity contribution in [3.63, 3.8) is 0 Å². The number of anilines is 1. The Bertz CT molecular complexity index is 1060. The van der Waals surface area contributed by atoms with Crippen LogP contribution in [0.15, 0.2) is 60.7 Å². The van der Waals surface area contributed by atoms with Crippen molar-refractivity contribution in [1.29, 1.82) is 0 Å². The molecule has 2 N–H and O–H groups in total. The van der Waals surface area contributed by atoms with Crippen molar-refractivity contribution in [2.45, 2.75) is 19.6 Å². The lowest BCUT2D eigenvalue weighted by atomic mass is 10.2. The summed E-state index contributed by atoms with van der Waals surface area (Å²) in [6.07, 6.45) is -0.484. The Morgan fingerprint density at radius 3 is 2.11 bits per heavy atom. The molecule has 0 saturated heterocycles. The van der Waals surface area contributed by atoms with Gasteiger partial charge in [0.15, 0.2) is 0 Å². The minimum Gasteiger partial charge on any atom is -0.389 e. The average Bonchev–Trinajstić information content (AvgIpc) is 2.93. The molecule has 0 amide bonds. The lowest BCUT2D eigenvalue weighted by Crippen LogP contribution is -2.25. The number of rotatable bonds is 5. The molecule has 0 aliphatic carbocycles. The van der Waals surface area contributed by atoms with Crippen LogP contribution in [0.1, 0.15) is 5.56 Å². The lowest BCUT2D eigenvalue weighted by molar-refractivity contribution is 0.169. The van der Waals surface area contributed by atoms with Crippen molar-refractivity contribution >= 4 is 72.7 Å². The van der Waals surface area contributed by atoms with E-state index in [9.17, 15) is 5.11 Å². The third-order valence-corrected chi connectivity index (χ3v) is 6.20. The maximum absolute atomic E-state index is 10.7. The summed E-state index contributed by atoms with van der Waals surface area (Å²) in [4.78, 5) is 0. The van der Waals surface area contributed by atoms with E-state index in [1.54, 1.807) is 0 Å². The zero-order valence-corrected chi connectivity index (χ0v) is 19.2. The molecular formula is C22H20I2N2O. The summed E-state index contributed by atoms with van der Waals surface area (Å²) in [6, 6.07) is 21.2. The van der Waals surface area contributed by atoms with Gasteiger partial charge in [0.25, 0.3) is 0 Å². The fraction of sp³-hybridized carbons (Fsp3) is 0.182. The van der Waals surface area contributed by atoms with Crippen LogP contribution < -0.4 is 5.32 Å². The lowest BCUT2D eigenvalue weighted by Gasteiger charge is -2.16. The Hall–Kier alpha value is -1.32. The molecule has 4 rings (SSSR count). The number of aryl methyl sites for hydroxylation is 1. The topological polar surface area (TPSA) is 37.2 Å². The normalized spacial score (nSPS) is 12.6. The molecule has 0 saturated carbocycles. The molecule has 5 heteroatoms. The first-order chi connectivity index (χ1) is 13.0. The van der Waals surface area contributed by atoms with Crippen LogP contribution in [0.2, 0.25) is 0 Å². The summed E-state index contributed by atoms with van der Waals surface area (Å²) in [5, 5.41) is 16.6. The van der Waals surface area contributed by atoms with Gasteiger partial charge < -0.3 is 15.0 Å². The molecule has 27 heavy (non-hydrogen) atoms. The van der Waals surface area contributed by atoms with Gasteiger partial charge in [0.2, 0.25) is 0 Å². The van der Waals surface area contributed by atoms with Crippen molar-refractivity contribution < 1.29 is 5.11 Å². The van der Waals surface area contributed by atoms with Gasteiger partial charge in [0, 0.05) is 41.2 Å². The predicted octanol–water partition coefficient (Wildman–Crippen LogP) is 5.79. The SMILES string of the molecule is Cc1ccccc1NC[C@@H](O)Cn1c2ccc(I)cc2c2cc(I)ccc21. The first-order valence-electron chi connectivity index (χ1n) is 8.87. The summed E-state index contributed by atoms with van der Waals surface area (Å²) < 4.78 is 4.68. The van der Waals surface area contributed by atoms with Gasteiger partial charge in [-0.2, -0.15) is 0 Å². The second-order valence-corrected chi connectivity index (χ2v) is 9.27. The fourth-order valence-electron chi connectivity index (χ4n) is 3.52. The third-order valence-electron chi connectivity index (χ3n) is 4.86. The van der Waals surface area contributed by atoms with E-state index in [0.717, 1.165) is 5.69 Å². The second kappa shape index (κ2) is 7.97.